The van der Waals surface area contributed by atoms with Crippen LogP contribution in [0.2, 0.25) is 0 Å². The van der Waals surface area contributed by atoms with E-state index in [1.807, 2.05) is 19.2 Å². The number of aromatic nitrogens is 2. The molecule has 0 bridgehead atoms. The molecule has 2 aromatic rings. The van der Waals surface area contributed by atoms with Crippen molar-refractivity contribution in [2.75, 3.05) is 7.11 Å². The van der Waals surface area contributed by atoms with Gasteiger partial charge >= 0.3 is 0 Å². The molecule has 3 heteroatoms. The molecule has 0 saturated carbocycles. The maximum absolute atomic E-state index is 5.25. The molecule has 2 rings (SSSR count). The molecule has 1 aromatic carbocycles. The second-order valence-electron chi connectivity index (χ2n) is 4.57. The predicted octanol–water partition coefficient (Wildman–Crippen LogP) is 2.51. The summed E-state index contributed by atoms with van der Waals surface area (Å²) in [6.07, 6.45) is 1.90. The van der Waals surface area contributed by atoms with Gasteiger partial charge in [0.1, 0.15) is 18.5 Å². The Morgan fingerprint density at radius 2 is 1.89 bits per heavy atom. The van der Waals surface area contributed by atoms with Crippen LogP contribution in [0.25, 0.3) is 11.3 Å². The van der Waals surface area contributed by atoms with Crippen LogP contribution in [0.1, 0.15) is 17.0 Å². The Hall–Kier alpha value is -1.90. The summed E-state index contributed by atoms with van der Waals surface area (Å²) in [7, 11) is 3.76. The van der Waals surface area contributed by atoms with Crippen molar-refractivity contribution in [3.8, 4) is 17.0 Å². The van der Waals surface area contributed by atoms with Gasteiger partial charge in [-0.3, -0.25) is 0 Å². The quantitative estimate of drug-likeness (QED) is 0.757. The third kappa shape index (κ3) is 2.08. The number of hydrogen-bond donors (Lipinski definition) is 0. The maximum atomic E-state index is 5.25. The van der Waals surface area contributed by atoms with Gasteiger partial charge in [-0.05, 0) is 37.6 Å². The van der Waals surface area contributed by atoms with Gasteiger partial charge in [-0.25, -0.2) is 4.98 Å². The van der Waals surface area contributed by atoms with E-state index in [1.165, 1.54) is 11.1 Å². The first-order valence-electron chi connectivity index (χ1n) is 6.02. The molecule has 0 fully saturated rings. The van der Waals surface area contributed by atoms with E-state index in [-0.39, 0.29) is 0 Å². The highest BCUT2D eigenvalue weighted by atomic mass is 16.5. The number of aryl methyl sites for hydroxylation is 3. The highest BCUT2D eigenvalue weighted by molar-refractivity contribution is 5.64. The van der Waals surface area contributed by atoms with E-state index >= 15 is 0 Å². The Balaban J connectivity index is 2.66. The Labute approximate surface area is 108 Å². The van der Waals surface area contributed by atoms with Crippen LogP contribution < -0.4 is 9.30 Å². The minimum atomic E-state index is 0.886. The number of benzene rings is 1. The van der Waals surface area contributed by atoms with E-state index in [9.17, 15) is 0 Å². The average molecular weight is 243 g/mol. The molecule has 3 nitrogen and oxygen atoms in total. The first-order chi connectivity index (χ1) is 8.54. The normalized spacial score (nSPS) is 10.5. The van der Waals surface area contributed by atoms with Crippen LogP contribution in [0.5, 0.6) is 5.75 Å². The second kappa shape index (κ2) is 4.77. The number of methoxy groups -OCH3 is 1. The maximum Gasteiger partial charge on any atom is 0.234 e. The fraction of sp³-hybridized carbons (Fsp3) is 0.333. The molecule has 1 heterocycles. The van der Waals surface area contributed by atoms with Crippen LogP contribution in [-0.4, -0.2) is 12.1 Å². The van der Waals surface area contributed by atoms with Crippen molar-refractivity contribution in [3.63, 3.8) is 0 Å². The first kappa shape index (κ1) is 12.6. The lowest BCUT2D eigenvalue weighted by Gasteiger charge is -2.09. The SMILES string of the molecule is COc1ccc(-c2c(C)ncc(C)[n+]2C)c(C)c1. The van der Waals surface area contributed by atoms with Gasteiger partial charge in [-0.2, -0.15) is 4.57 Å². The summed E-state index contributed by atoms with van der Waals surface area (Å²) in [6.45, 7) is 6.20. The Morgan fingerprint density at radius 3 is 2.50 bits per heavy atom. The van der Waals surface area contributed by atoms with Gasteiger partial charge < -0.3 is 4.74 Å². The Kier molecular flexibility index (Phi) is 3.32. The monoisotopic (exact) mass is 243 g/mol. The molecule has 1 aromatic heterocycles. The third-order valence-electron chi connectivity index (χ3n) is 3.34. The zero-order valence-corrected chi connectivity index (χ0v) is 11.6. The molecule has 0 spiro atoms. The number of rotatable bonds is 2. The van der Waals surface area contributed by atoms with Crippen LogP contribution in [0.3, 0.4) is 0 Å². The lowest BCUT2D eigenvalue weighted by molar-refractivity contribution is -0.667. The van der Waals surface area contributed by atoms with Crippen molar-refractivity contribution >= 4 is 0 Å². The molecule has 0 saturated heterocycles. The summed E-state index contributed by atoms with van der Waals surface area (Å²) >= 11 is 0. The summed E-state index contributed by atoms with van der Waals surface area (Å²) in [5, 5.41) is 0. The molecule has 0 unspecified atom stereocenters. The summed E-state index contributed by atoms with van der Waals surface area (Å²) in [5.41, 5.74) is 5.74. The Morgan fingerprint density at radius 1 is 1.17 bits per heavy atom. The average Bonchev–Trinajstić information content (AvgIpc) is 2.36. The van der Waals surface area contributed by atoms with Gasteiger partial charge in [0.15, 0.2) is 5.69 Å². The van der Waals surface area contributed by atoms with Gasteiger partial charge in [0.25, 0.3) is 0 Å². The largest absolute Gasteiger partial charge is 0.497 e. The van der Waals surface area contributed by atoms with Crippen LogP contribution in [0.15, 0.2) is 24.4 Å². The minimum absolute atomic E-state index is 0.886. The zero-order valence-electron chi connectivity index (χ0n) is 11.6. The van der Waals surface area contributed by atoms with Gasteiger partial charge in [0, 0.05) is 6.92 Å². The standard InChI is InChI=1S/C15H19N2O/c1-10-8-13(18-5)6-7-14(10)15-12(3)16-9-11(2)17(15)4/h6-9H,1-5H3/q+1. The molecule has 0 radical (unpaired) electrons. The fourth-order valence-electron chi connectivity index (χ4n) is 2.16. The highest BCUT2D eigenvalue weighted by Crippen LogP contribution is 2.26. The van der Waals surface area contributed by atoms with Crippen molar-refractivity contribution in [1.82, 2.24) is 4.98 Å². The third-order valence-corrected chi connectivity index (χ3v) is 3.34. The van der Waals surface area contributed by atoms with Gasteiger partial charge in [-0.1, -0.05) is 0 Å². The molecule has 18 heavy (non-hydrogen) atoms. The van der Waals surface area contributed by atoms with Gasteiger partial charge in [-0.15, -0.1) is 0 Å². The Bertz CT molecular complexity index is 591. The van der Waals surface area contributed by atoms with E-state index in [0.717, 1.165) is 22.8 Å². The summed E-state index contributed by atoms with van der Waals surface area (Å²) < 4.78 is 7.43. The fourth-order valence-corrected chi connectivity index (χ4v) is 2.16. The molecule has 0 aliphatic carbocycles. The van der Waals surface area contributed by atoms with E-state index in [1.54, 1.807) is 7.11 Å². The van der Waals surface area contributed by atoms with Gasteiger partial charge in [0.05, 0.1) is 18.9 Å². The first-order valence-corrected chi connectivity index (χ1v) is 6.02. The van der Waals surface area contributed by atoms with E-state index in [2.05, 4.69) is 42.6 Å². The summed E-state index contributed by atoms with van der Waals surface area (Å²) in [4.78, 5) is 4.45. The molecule has 0 atom stereocenters. The van der Waals surface area contributed by atoms with E-state index in [0.29, 0.717) is 0 Å². The van der Waals surface area contributed by atoms with Crippen molar-refractivity contribution in [1.29, 1.82) is 0 Å². The summed E-state index contributed by atoms with van der Waals surface area (Å²) in [5.74, 6) is 0.886. The molecule has 94 valence electrons. The van der Waals surface area contributed by atoms with Crippen molar-refractivity contribution in [2.45, 2.75) is 20.8 Å². The minimum Gasteiger partial charge on any atom is -0.497 e. The summed E-state index contributed by atoms with van der Waals surface area (Å²) in [6, 6.07) is 6.14. The zero-order chi connectivity index (χ0) is 13.3. The van der Waals surface area contributed by atoms with Crippen LogP contribution in [-0.2, 0) is 7.05 Å². The number of ether oxygens (including phenoxy) is 1. The van der Waals surface area contributed by atoms with Crippen molar-refractivity contribution in [3.05, 3.63) is 41.3 Å². The van der Waals surface area contributed by atoms with E-state index in [4.69, 9.17) is 4.74 Å². The lowest BCUT2D eigenvalue weighted by Crippen LogP contribution is -2.36. The number of nitrogens with zero attached hydrogens (tertiary/aromatic N) is 2. The number of hydrogen-bond acceptors (Lipinski definition) is 2. The second-order valence-corrected chi connectivity index (χ2v) is 4.57. The molecular weight excluding hydrogens is 224 g/mol. The molecule has 0 aliphatic heterocycles. The van der Waals surface area contributed by atoms with Gasteiger partial charge in [0.2, 0.25) is 5.69 Å². The molecule has 0 amide bonds. The van der Waals surface area contributed by atoms with Crippen molar-refractivity contribution in [2.24, 2.45) is 7.05 Å². The smallest absolute Gasteiger partial charge is 0.234 e. The van der Waals surface area contributed by atoms with E-state index < -0.39 is 0 Å². The van der Waals surface area contributed by atoms with Crippen LogP contribution >= 0.6 is 0 Å². The van der Waals surface area contributed by atoms with Crippen LogP contribution in [0, 0.1) is 20.8 Å². The van der Waals surface area contributed by atoms with Crippen molar-refractivity contribution < 1.29 is 9.30 Å². The molecular formula is C15H19N2O+. The van der Waals surface area contributed by atoms with Crippen LogP contribution in [0.4, 0.5) is 0 Å². The molecule has 0 aliphatic rings. The predicted molar refractivity (Wildman–Crippen MR) is 71.6 cm³/mol. The molecule has 0 N–H and O–H groups in total. The lowest BCUT2D eigenvalue weighted by atomic mass is 10.0. The highest BCUT2D eigenvalue weighted by Gasteiger charge is 2.18. The topological polar surface area (TPSA) is 26.0 Å².